The summed E-state index contributed by atoms with van der Waals surface area (Å²) in [4.78, 5) is 14.4. The van der Waals surface area contributed by atoms with E-state index in [9.17, 15) is 4.79 Å². The molecule has 0 N–H and O–H groups in total. The van der Waals surface area contributed by atoms with Gasteiger partial charge in [-0.2, -0.15) is 0 Å². The Kier molecular flexibility index (Phi) is 5.79. The van der Waals surface area contributed by atoms with Crippen LogP contribution in [0.15, 0.2) is 52.6 Å². The largest absolute Gasteiger partial charge is 0.496 e. The lowest BCUT2D eigenvalue weighted by Gasteiger charge is -2.30. The highest BCUT2D eigenvalue weighted by atomic mass is 32.1. The van der Waals surface area contributed by atoms with E-state index >= 15 is 0 Å². The average molecular weight is 394 g/mol. The highest BCUT2D eigenvalue weighted by molar-refractivity contribution is 7.16. The Bertz CT molecular complexity index is 1030. The molecular weight excluding hydrogens is 366 g/mol. The van der Waals surface area contributed by atoms with Crippen LogP contribution in [0.5, 0.6) is 5.75 Å². The fourth-order valence-electron chi connectivity index (χ4n) is 4.36. The van der Waals surface area contributed by atoms with Crippen LogP contribution in [0.3, 0.4) is 0 Å². The predicted octanol–water partition coefficient (Wildman–Crippen LogP) is 4.86. The first-order valence-corrected chi connectivity index (χ1v) is 10.9. The minimum atomic E-state index is 0.115. The summed E-state index contributed by atoms with van der Waals surface area (Å²) >= 11 is 1.64. The normalized spacial score (nSPS) is 16.3. The maximum absolute atomic E-state index is 11.9. The summed E-state index contributed by atoms with van der Waals surface area (Å²) < 4.78 is 6.66. The molecule has 146 valence electrons. The third-order valence-corrected chi connectivity index (χ3v) is 6.71. The number of fused-ring (bicyclic) bond motifs is 2. The van der Waals surface area contributed by atoms with Crippen LogP contribution in [0.2, 0.25) is 0 Å². The molecule has 0 fully saturated rings. The lowest BCUT2D eigenvalue weighted by atomic mass is 9.82. The smallest absolute Gasteiger partial charge is 0.188 e. The van der Waals surface area contributed by atoms with Crippen LogP contribution in [-0.2, 0) is 12.8 Å². The number of hydrogen-bond acceptors (Lipinski definition) is 4. The van der Waals surface area contributed by atoms with Gasteiger partial charge in [0.25, 0.3) is 0 Å². The van der Waals surface area contributed by atoms with Crippen molar-refractivity contribution in [3.05, 3.63) is 74.8 Å². The van der Waals surface area contributed by atoms with Gasteiger partial charge in [0, 0.05) is 23.2 Å². The van der Waals surface area contributed by atoms with Crippen LogP contribution < -0.4 is 10.2 Å². The van der Waals surface area contributed by atoms with Gasteiger partial charge in [0.05, 0.1) is 7.11 Å². The Hall–Kier alpha value is -2.17. The lowest BCUT2D eigenvalue weighted by molar-refractivity contribution is 0.299. The SMILES string of the molecule is COc1cccc2c1CCCC2CN(C)CCc1ccc2c(=O)ccsc2c1. The number of ether oxygens (including phenoxy) is 1. The van der Waals surface area contributed by atoms with Crippen molar-refractivity contribution in [2.75, 3.05) is 27.2 Å². The predicted molar refractivity (Wildman–Crippen MR) is 118 cm³/mol. The number of benzene rings is 2. The van der Waals surface area contributed by atoms with E-state index in [0.717, 1.165) is 41.8 Å². The topological polar surface area (TPSA) is 29.5 Å². The van der Waals surface area contributed by atoms with E-state index in [-0.39, 0.29) is 5.43 Å². The van der Waals surface area contributed by atoms with Crippen LogP contribution in [-0.4, -0.2) is 32.1 Å². The molecule has 1 heterocycles. The van der Waals surface area contributed by atoms with Gasteiger partial charge in [-0.15, -0.1) is 11.3 Å². The summed E-state index contributed by atoms with van der Waals surface area (Å²) in [7, 11) is 3.99. The molecule has 1 atom stereocenters. The van der Waals surface area contributed by atoms with Gasteiger partial charge in [-0.3, -0.25) is 4.79 Å². The maximum Gasteiger partial charge on any atom is 0.188 e. The number of likely N-dealkylation sites (N-methyl/N-ethyl adjacent to an activating group) is 1. The minimum Gasteiger partial charge on any atom is -0.496 e. The van der Waals surface area contributed by atoms with E-state index in [0.29, 0.717) is 5.92 Å². The van der Waals surface area contributed by atoms with Crippen LogP contribution in [0.1, 0.15) is 35.4 Å². The lowest BCUT2D eigenvalue weighted by Crippen LogP contribution is -2.28. The van der Waals surface area contributed by atoms with E-state index < -0.39 is 0 Å². The molecule has 4 heteroatoms. The molecular formula is C24H27NO2S. The summed E-state index contributed by atoms with van der Waals surface area (Å²) in [5.41, 5.74) is 4.28. The second kappa shape index (κ2) is 8.46. The van der Waals surface area contributed by atoms with Crippen LogP contribution in [0.4, 0.5) is 0 Å². The minimum absolute atomic E-state index is 0.115. The molecule has 1 unspecified atom stereocenters. The highest BCUT2D eigenvalue weighted by Gasteiger charge is 2.23. The fraction of sp³-hybridized carbons (Fsp3) is 0.375. The zero-order valence-electron chi connectivity index (χ0n) is 16.6. The standard InChI is InChI=1S/C24H27NO2S/c1-25(13-11-17-9-10-21-22(26)12-14-28-24(21)15-17)16-18-5-3-7-20-19(18)6-4-8-23(20)27-2/h4,6,8-10,12,14-15,18H,3,5,7,11,13,16H2,1-2H3. The molecule has 0 spiro atoms. The zero-order chi connectivity index (χ0) is 19.5. The molecule has 1 aliphatic rings. The molecule has 4 rings (SSSR count). The highest BCUT2D eigenvalue weighted by Crippen LogP contribution is 2.36. The van der Waals surface area contributed by atoms with Gasteiger partial charge in [0.15, 0.2) is 5.43 Å². The summed E-state index contributed by atoms with van der Waals surface area (Å²) in [5.74, 6) is 1.62. The number of hydrogen-bond donors (Lipinski definition) is 0. The van der Waals surface area contributed by atoms with Gasteiger partial charge in [0.1, 0.15) is 5.75 Å². The van der Waals surface area contributed by atoms with E-state index in [2.05, 4.69) is 42.3 Å². The molecule has 3 aromatic rings. The molecule has 0 saturated heterocycles. The number of nitrogens with zero attached hydrogens (tertiary/aromatic N) is 1. The van der Waals surface area contributed by atoms with Crippen molar-refractivity contribution in [2.24, 2.45) is 0 Å². The quantitative estimate of drug-likeness (QED) is 0.599. The van der Waals surface area contributed by atoms with E-state index in [1.807, 2.05) is 11.4 Å². The second-order valence-electron chi connectivity index (χ2n) is 7.74. The third kappa shape index (κ3) is 3.98. The van der Waals surface area contributed by atoms with Crippen molar-refractivity contribution >= 4 is 21.4 Å². The van der Waals surface area contributed by atoms with Gasteiger partial charge in [0.2, 0.25) is 0 Å². The fourth-order valence-corrected chi connectivity index (χ4v) is 5.22. The van der Waals surface area contributed by atoms with E-state index in [1.54, 1.807) is 24.5 Å². The Morgan fingerprint density at radius 3 is 2.96 bits per heavy atom. The van der Waals surface area contributed by atoms with Crippen molar-refractivity contribution in [3.8, 4) is 5.75 Å². The Morgan fingerprint density at radius 1 is 1.21 bits per heavy atom. The molecule has 3 nitrogen and oxygen atoms in total. The van der Waals surface area contributed by atoms with Crippen LogP contribution in [0, 0.1) is 0 Å². The first-order valence-electron chi connectivity index (χ1n) is 10.0. The second-order valence-corrected chi connectivity index (χ2v) is 8.69. The van der Waals surface area contributed by atoms with Crippen LogP contribution >= 0.6 is 11.3 Å². The summed E-state index contributed by atoms with van der Waals surface area (Å²) in [6, 6.07) is 14.4. The van der Waals surface area contributed by atoms with Crippen molar-refractivity contribution in [3.63, 3.8) is 0 Å². The van der Waals surface area contributed by atoms with E-state index in [1.165, 1.54) is 29.5 Å². The summed E-state index contributed by atoms with van der Waals surface area (Å²) in [5, 5.41) is 2.72. The third-order valence-electron chi connectivity index (χ3n) is 5.85. The van der Waals surface area contributed by atoms with Gasteiger partial charge < -0.3 is 9.64 Å². The monoisotopic (exact) mass is 393 g/mol. The van der Waals surface area contributed by atoms with Gasteiger partial charge in [-0.05, 0) is 85.0 Å². The Balaban J connectivity index is 1.42. The number of rotatable bonds is 6. The molecule has 2 aromatic carbocycles. The summed E-state index contributed by atoms with van der Waals surface area (Å²) in [6.45, 7) is 2.09. The molecule has 1 aromatic heterocycles. The first-order chi connectivity index (χ1) is 13.7. The molecule has 28 heavy (non-hydrogen) atoms. The molecule has 0 amide bonds. The molecule has 0 bridgehead atoms. The van der Waals surface area contributed by atoms with Gasteiger partial charge in [-0.1, -0.05) is 18.2 Å². The van der Waals surface area contributed by atoms with Crippen molar-refractivity contribution in [1.82, 2.24) is 4.90 Å². The molecule has 0 radical (unpaired) electrons. The van der Waals surface area contributed by atoms with Crippen molar-refractivity contribution in [1.29, 1.82) is 0 Å². The van der Waals surface area contributed by atoms with Crippen LogP contribution in [0.25, 0.3) is 10.1 Å². The Morgan fingerprint density at radius 2 is 2.11 bits per heavy atom. The molecule has 0 saturated carbocycles. The van der Waals surface area contributed by atoms with Crippen molar-refractivity contribution in [2.45, 2.75) is 31.6 Å². The van der Waals surface area contributed by atoms with Gasteiger partial charge in [-0.25, -0.2) is 0 Å². The Labute approximate surface area is 170 Å². The summed E-state index contributed by atoms with van der Waals surface area (Å²) in [6.07, 6.45) is 4.60. The van der Waals surface area contributed by atoms with E-state index in [4.69, 9.17) is 4.74 Å². The maximum atomic E-state index is 11.9. The molecule has 0 aliphatic heterocycles. The van der Waals surface area contributed by atoms with Gasteiger partial charge >= 0.3 is 0 Å². The first kappa shape index (κ1) is 19.2. The van der Waals surface area contributed by atoms with Crippen molar-refractivity contribution < 1.29 is 4.74 Å². The average Bonchev–Trinajstić information content (AvgIpc) is 2.72. The molecule has 1 aliphatic carbocycles. The zero-order valence-corrected chi connectivity index (χ0v) is 17.4. The number of methoxy groups -OCH3 is 1.